The largest absolute Gasteiger partial charge is 0.395 e. The van der Waals surface area contributed by atoms with Crippen LogP contribution in [0.3, 0.4) is 0 Å². The van der Waals surface area contributed by atoms with Crippen molar-refractivity contribution in [3.05, 3.63) is 29.8 Å². The summed E-state index contributed by atoms with van der Waals surface area (Å²) in [6.45, 7) is 2.05. The maximum atomic E-state index is 12.0. The van der Waals surface area contributed by atoms with E-state index in [2.05, 4.69) is 12.2 Å². The Morgan fingerprint density at radius 2 is 2.00 bits per heavy atom. The molecule has 2 N–H and O–H groups in total. The highest BCUT2D eigenvalue weighted by Gasteiger charge is 2.43. The van der Waals surface area contributed by atoms with Gasteiger partial charge in [0, 0.05) is 5.69 Å². The summed E-state index contributed by atoms with van der Waals surface area (Å²) in [4.78, 5) is 12.0. The van der Waals surface area contributed by atoms with Crippen molar-refractivity contribution in [2.24, 2.45) is 5.41 Å². The Morgan fingerprint density at radius 3 is 2.41 bits per heavy atom. The number of rotatable bonds is 4. The summed E-state index contributed by atoms with van der Waals surface area (Å²) in [5.41, 5.74) is 1.54. The second-order valence-electron chi connectivity index (χ2n) is 4.80. The monoisotopic (exact) mass is 233 g/mol. The van der Waals surface area contributed by atoms with E-state index in [1.165, 1.54) is 5.56 Å². The van der Waals surface area contributed by atoms with E-state index in [1.807, 2.05) is 24.3 Å². The van der Waals surface area contributed by atoms with Gasteiger partial charge >= 0.3 is 0 Å². The molecule has 2 rings (SSSR count). The fourth-order valence-electron chi connectivity index (χ4n) is 2.15. The highest BCUT2D eigenvalue weighted by Crippen LogP contribution is 2.41. The minimum atomic E-state index is -0.524. The Bertz CT molecular complexity index is 388. The first-order chi connectivity index (χ1) is 8.20. The maximum Gasteiger partial charge on any atom is 0.232 e. The number of carbonyl (C=O) groups excluding carboxylic acids is 1. The summed E-state index contributed by atoms with van der Waals surface area (Å²) in [6.07, 6.45) is 3.61. The zero-order valence-electron chi connectivity index (χ0n) is 10.2. The molecule has 0 unspecified atom stereocenters. The molecule has 0 radical (unpaired) electrons. The van der Waals surface area contributed by atoms with Crippen LogP contribution in [0.1, 0.15) is 31.7 Å². The summed E-state index contributed by atoms with van der Waals surface area (Å²) in [6, 6.07) is 7.87. The van der Waals surface area contributed by atoms with Crippen LogP contribution >= 0.6 is 0 Å². The molecule has 0 saturated heterocycles. The van der Waals surface area contributed by atoms with E-state index >= 15 is 0 Å². The number of aliphatic hydroxyl groups excluding tert-OH is 1. The molecule has 3 nitrogen and oxygen atoms in total. The van der Waals surface area contributed by atoms with Crippen LogP contribution in [0.5, 0.6) is 0 Å². The van der Waals surface area contributed by atoms with E-state index in [1.54, 1.807) is 0 Å². The number of carbonyl (C=O) groups is 1. The minimum absolute atomic E-state index is 0.0458. The van der Waals surface area contributed by atoms with Crippen molar-refractivity contribution in [3.8, 4) is 0 Å². The van der Waals surface area contributed by atoms with Crippen LogP contribution in [0.2, 0.25) is 0 Å². The molecule has 1 saturated carbocycles. The standard InChI is InChI=1S/C14H19NO2/c1-2-11-4-6-12(7-5-11)15-13(17)14(10-16)8-3-9-14/h4-7,16H,2-3,8-10H2,1H3,(H,15,17). The Hall–Kier alpha value is -1.35. The van der Waals surface area contributed by atoms with Crippen molar-refractivity contribution in [2.45, 2.75) is 32.6 Å². The zero-order valence-corrected chi connectivity index (χ0v) is 10.2. The van der Waals surface area contributed by atoms with Gasteiger partial charge < -0.3 is 10.4 Å². The first-order valence-electron chi connectivity index (χ1n) is 6.21. The number of hydrogen-bond acceptors (Lipinski definition) is 2. The maximum absolute atomic E-state index is 12.0. The first-order valence-corrected chi connectivity index (χ1v) is 6.21. The third-order valence-electron chi connectivity index (χ3n) is 3.72. The second kappa shape index (κ2) is 4.88. The van der Waals surface area contributed by atoms with Crippen LogP contribution in [-0.4, -0.2) is 17.6 Å². The van der Waals surface area contributed by atoms with Gasteiger partial charge in [-0.2, -0.15) is 0 Å². The van der Waals surface area contributed by atoms with Crippen LogP contribution in [0.15, 0.2) is 24.3 Å². The van der Waals surface area contributed by atoms with Crippen molar-refractivity contribution in [1.29, 1.82) is 0 Å². The lowest BCUT2D eigenvalue weighted by Crippen LogP contribution is -2.44. The van der Waals surface area contributed by atoms with Gasteiger partial charge in [0.1, 0.15) is 0 Å². The summed E-state index contributed by atoms with van der Waals surface area (Å²) in [7, 11) is 0. The van der Waals surface area contributed by atoms with E-state index in [0.717, 1.165) is 31.4 Å². The van der Waals surface area contributed by atoms with Crippen molar-refractivity contribution < 1.29 is 9.90 Å². The molecule has 1 aromatic carbocycles. The third kappa shape index (κ3) is 2.34. The number of nitrogens with one attached hydrogen (secondary N) is 1. The van der Waals surface area contributed by atoms with E-state index in [4.69, 9.17) is 0 Å². The molecule has 1 aliphatic rings. The third-order valence-corrected chi connectivity index (χ3v) is 3.72. The first kappa shape index (κ1) is 12.1. The highest BCUT2D eigenvalue weighted by molar-refractivity contribution is 5.96. The molecular formula is C14H19NO2. The fraction of sp³-hybridized carbons (Fsp3) is 0.500. The Kier molecular flexibility index (Phi) is 3.48. The summed E-state index contributed by atoms with van der Waals surface area (Å²) >= 11 is 0. The van der Waals surface area contributed by atoms with Crippen LogP contribution < -0.4 is 5.32 Å². The Balaban J connectivity index is 2.02. The molecule has 0 spiro atoms. The Morgan fingerprint density at radius 1 is 1.35 bits per heavy atom. The molecule has 1 fully saturated rings. The molecule has 0 aromatic heterocycles. The van der Waals surface area contributed by atoms with Crippen LogP contribution in [-0.2, 0) is 11.2 Å². The predicted molar refractivity (Wildman–Crippen MR) is 67.8 cm³/mol. The van der Waals surface area contributed by atoms with Crippen LogP contribution in [0, 0.1) is 5.41 Å². The van der Waals surface area contributed by atoms with Gasteiger partial charge in [-0.1, -0.05) is 25.5 Å². The van der Waals surface area contributed by atoms with E-state index < -0.39 is 5.41 Å². The summed E-state index contributed by atoms with van der Waals surface area (Å²) in [5, 5.41) is 12.2. The number of aryl methyl sites for hydroxylation is 1. The molecule has 0 atom stereocenters. The van der Waals surface area contributed by atoms with E-state index in [0.29, 0.717) is 0 Å². The van der Waals surface area contributed by atoms with Gasteiger partial charge in [0.05, 0.1) is 12.0 Å². The number of aliphatic hydroxyl groups is 1. The molecule has 0 aliphatic heterocycles. The lowest BCUT2D eigenvalue weighted by molar-refractivity contribution is -0.133. The topological polar surface area (TPSA) is 49.3 Å². The molecule has 1 amide bonds. The smallest absolute Gasteiger partial charge is 0.232 e. The minimum Gasteiger partial charge on any atom is -0.395 e. The molecule has 1 aromatic rings. The van der Waals surface area contributed by atoms with Crippen LogP contribution in [0.25, 0.3) is 0 Å². The van der Waals surface area contributed by atoms with Gasteiger partial charge in [0.15, 0.2) is 0 Å². The van der Waals surface area contributed by atoms with Gasteiger partial charge in [0.25, 0.3) is 0 Å². The fourth-order valence-corrected chi connectivity index (χ4v) is 2.15. The molecule has 17 heavy (non-hydrogen) atoms. The van der Waals surface area contributed by atoms with Gasteiger partial charge in [-0.3, -0.25) is 4.79 Å². The molecule has 0 bridgehead atoms. The lowest BCUT2D eigenvalue weighted by atomic mass is 9.68. The normalized spacial score (nSPS) is 17.3. The SMILES string of the molecule is CCc1ccc(NC(=O)C2(CO)CCC2)cc1. The number of hydrogen-bond donors (Lipinski definition) is 2. The molecule has 92 valence electrons. The highest BCUT2D eigenvalue weighted by atomic mass is 16.3. The average Bonchev–Trinajstić information content (AvgIpc) is 2.29. The van der Waals surface area contributed by atoms with Crippen LogP contribution in [0.4, 0.5) is 5.69 Å². The summed E-state index contributed by atoms with van der Waals surface area (Å²) < 4.78 is 0. The predicted octanol–water partition coefficient (Wildman–Crippen LogP) is 2.35. The van der Waals surface area contributed by atoms with Crippen molar-refractivity contribution in [2.75, 3.05) is 11.9 Å². The number of benzene rings is 1. The van der Waals surface area contributed by atoms with Crippen molar-refractivity contribution in [3.63, 3.8) is 0 Å². The van der Waals surface area contributed by atoms with E-state index in [-0.39, 0.29) is 12.5 Å². The van der Waals surface area contributed by atoms with E-state index in [9.17, 15) is 9.90 Å². The molecular weight excluding hydrogens is 214 g/mol. The van der Waals surface area contributed by atoms with Gasteiger partial charge in [-0.15, -0.1) is 0 Å². The summed E-state index contributed by atoms with van der Waals surface area (Å²) in [5.74, 6) is -0.0458. The Labute approximate surface area is 102 Å². The average molecular weight is 233 g/mol. The number of anilines is 1. The zero-order chi connectivity index (χ0) is 12.3. The van der Waals surface area contributed by atoms with Crippen molar-refractivity contribution in [1.82, 2.24) is 0 Å². The quantitative estimate of drug-likeness (QED) is 0.838. The molecule has 0 heterocycles. The molecule has 3 heteroatoms. The lowest BCUT2D eigenvalue weighted by Gasteiger charge is -2.38. The second-order valence-corrected chi connectivity index (χ2v) is 4.80. The molecule has 1 aliphatic carbocycles. The van der Waals surface area contributed by atoms with Gasteiger partial charge in [-0.05, 0) is 37.0 Å². The van der Waals surface area contributed by atoms with Gasteiger partial charge in [0.2, 0.25) is 5.91 Å². The number of amides is 1. The van der Waals surface area contributed by atoms with Gasteiger partial charge in [-0.25, -0.2) is 0 Å². The van der Waals surface area contributed by atoms with Crippen molar-refractivity contribution >= 4 is 11.6 Å².